The third-order valence-corrected chi connectivity index (χ3v) is 9.97. The van der Waals surface area contributed by atoms with Crippen molar-refractivity contribution in [2.24, 2.45) is 0 Å². The molecule has 0 unspecified atom stereocenters. The summed E-state index contributed by atoms with van der Waals surface area (Å²) in [5, 5.41) is 24.7. The molecule has 1 radical (unpaired) electrons. The Kier molecular flexibility index (Phi) is 7.27. The topological polar surface area (TPSA) is 90.9 Å². The minimum absolute atomic E-state index is 0.0560. The average molecular weight is 368 g/mol. The van der Waals surface area contributed by atoms with E-state index in [2.05, 4.69) is 40.3 Å². The molecule has 0 aliphatic heterocycles. The van der Waals surface area contributed by atoms with Crippen molar-refractivity contribution in [2.45, 2.75) is 64.3 Å². The molecule has 0 bridgehead atoms. The van der Waals surface area contributed by atoms with Crippen LogP contribution in [0.2, 0.25) is 31.7 Å². The zero-order chi connectivity index (χ0) is 17.4. The molecule has 0 aliphatic carbocycles. The van der Waals surface area contributed by atoms with Gasteiger partial charge in [0.15, 0.2) is 17.4 Å². The van der Waals surface area contributed by atoms with Crippen LogP contribution in [-0.2, 0) is 23.8 Å². The van der Waals surface area contributed by atoms with Gasteiger partial charge >= 0.3 is 0 Å². The molecule has 0 aliphatic rings. The van der Waals surface area contributed by atoms with E-state index in [-0.39, 0.29) is 6.61 Å². The number of hydrogen-bond donors (Lipinski definition) is 1. The van der Waals surface area contributed by atoms with E-state index in [0.29, 0.717) is 5.69 Å². The first-order valence-electron chi connectivity index (χ1n) is 8.34. The van der Waals surface area contributed by atoms with Crippen LogP contribution >= 0.6 is 0 Å². The first-order valence-corrected chi connectivity index (χ1v) is 13.6. The summed E-state index contributed by atoms with van der Waals surface area (Å²) in [5.74, 6) is 0. The predicted octanol–water partition coefficient (Wildman–Crippen LogP) is 1.69. The van der Waals surface area contributed by atoms with E-state index in [1.165, 1.54) is 0 Å². The zero-order valence-electron chi connectivity index (χ0n) is 14.7. The van der Waals surface area contributed by atoms with E-state index in [4.69, 9.17) is 9.22 Å². The summed E-state index contributed by atoms with van der Waals surface area (Å²) >= 11 is 0. The number of aryl methyl sites for hydroxylation is 2. The zero-order valence-corrected chi connectivity index (χ0v) is 16.7. The number of nitrogens with zero attached hydrogens (tertiary/aromatic N) is 6. The van der Waals surface area contributed by atoms with Gasteiger partial charge in [0.25, 0.3) is 0 Å². The van der Waals surface area contributed by atoms with Crippen LogP contribution in [0.25, 0.3) is 0 Å². The molecule has 0 aromatic carbocycles. The average Bonchev–Trinajstić information content (AvgIpc) is 3.17. The van der Waals surface area contributed by atoms with Crippen LogP contribution < -0.4 is 0 Å². The fourth-order valence-electron chi connectivity index (χ4n) is 2.60. The van der Waals surface area contributed by atoms with Crippen LogP contribution in [0.4, 0.5) is 0 Å². The Bertz CT molecular complexity index is 590. The Hall–Kier alpha value is -1.37. The highest BCUT2D eigenvalue weighted by atomic mass is 28.4. The van der Waals surface area contributed by atoms with E-state index in [1.807, 2.05) is 10.9 Å². The highest BCUT2D eigenvalue weighted by molar-refractivity contribution is 6.78. The lowest BCUT2D eigenvalue weighted by Crippen LogP contribution is -2.36. The molecule has 0 atom stereocenters. The SMILES string of the molecule is C[Si](CCCn1ccnn1)O[Si](C)(C)CCCn1cc(CO)nn1. The van der Waals surface area contributed by atoms with E-state index in [1.54, 1.807) is 17.1 Å². The number of hydrogen-bond acceptors (Lipinski definition) is 6. The van der Waals surface area contributed by atoms with Gasteiger partial charge in [-0.25, -0.2) is 0 Å². The van der Waals surface area contributed by atoms with Crippen LogP contribution in [0.1, 0.15) is 18.5 Å². The van der Waals surface area contributed by atoms with Crippen LogP contribution in [-0.4, -0.2) is 52.5 Å². The van der Waals surface area contributed by atoms with Gasteiger partial charge in [0.2, 0.25) is 0 Å². The Labute approximate surface area is 145 Å². The van der Waals surface area contributed by atoms with Crippen molar-refractivity contribution in [3.05, 3.63) is 24.3 Å². The second kappa shape index (κ2) is 9.20. The van der Waals surface area contributed by atoms with Gasteiger partial charge in [-0.1, -0.05) is 10.4 Å². The molecular formula is C14H27N6O2Si2. The molecule has 0 saturated carbocycles. The molecule has 1 N–H and O–H groups in total. The summed E-state index contributed by atoms with van der Waals surface area (Å²) in [6.07, 6.45) is 7.52. The lowest BCUT2D eigenvalue weighted by molar-refractivity contribution is 0.276. The largest absolute Gasteiger partial charge is 0.456 e. The normalized spacial score (nSPS) is 12.2. The predicted molar refractivity (Wildman–Crippen MR) is 95.0 cm³/mol. The smallest absolute Gasteiger partial charge is 0.194 e. The lowest BCUT2D eigenvalue weighted by atomic mass is 10.5. The van der Waals surface area contributed by atoms with Crippen molar-refractivity contribution in [2.75, 3.05) is 0 Å². The highest BCUT2D eigenvalue weighted by Crippen LogP contribution is 2.17. The molecule has 8 nitrogen and oxygen atoms in total. The maximum absolute atomic E-state index is 9.00. The van der Waals surface area contributed by atoms with Crippen LogP contribution in [0.15, 0.2) is 18.6 Å². The van der Waals surface area contributed by atoms with Crippen LogP contribution in [0, 0.1) is 0 Å². The molecule has 2 aromatic rings. The number of rotatable bonds is 11. The maximum Gasteiger partial charge on any atom is 0.194 e. The van der Waals surface area contributed by atoms with E-state index >= 15 is 0 Å². The van der Waals surface area contributed by atoms with Crippen molar-refractivity contribution in [1.29, 1.82) is 0 Å². The monoisotopic (exact) mass is 367 g/mol. The molecule has 24 heavy (non-hydrogen) atoms. The summed E-state index contributed by atoms with van der Waals surface area (Å²) in [4.78, 5) is 0. The Morgan fingerprint density at radius 3 is 2.67 bits per heavy atom. The third-order valence-electron chi connectivity index (χ3n) is 3.75. The van der Waals surface area contributed by atoms with Gasteiger partial charge in [-0.15, -0.1) is 10.2 Å². The van der Waals surface area contributed by atoms with E-state index < -0.39 is 17.4 Å². The van der Waals surface area contributed by atoms with E-state index in [0.717, 1.165) is 38.0 Å². The van der Waals surface area contributed by atoms with Gasteiger partial charge in [-0.05, 0) is 44.6 Å². The first-order chi connectivity index (χ1) is 11.5. The van der Waals surface area contributed by atoms with Crippen molar-refractivity contribution in [3.63, 3.8) is 0 Å². The third kappa shape index (κ3) is 6.63. The van der Waals surface area contributed by atoms with Gasteiger partial charge in [-0.2, -0.15) is 0 Å². The molecule has 133 valence electrons. The number of aliphatic hydroxyl groups is 1. The van der Waals surface area contributed by atoms with Crippen LogP contribution in [0.5, 0.6) is 0 Å². The Morgan fingerprint density at radius 1 is 1.21 bits per heavy atom. The Morgan fingerprint density at radius 2 is 2.00 bits per heavy atom. The molecule has 0 amide bonds. The fourth-order valence-corrected chi connectivity index (χ4v) is 8.86. The van der Waals surface area contributed by atoms with Crippen molar-refractivity contribution >= 4 is 17.4 Å². The molecule has 2 rings (SSSR count). The van der Waals surface area contributed by atoms with Gasteiger partial charge in [0.05, 0.1) is 19.0 Å². The number of aliphatic hydroxyl groups excluding tert-OH is 1. The summed E-state index contributed by atoms with van der Waals surface area (Å²) in [6, 6.07) is 2.23. The molecule has 2 aromatic heterocycles. The molecular weight excluding hydrogens is 340 g/mol. The van der Waals surface area contributed by atoms with Crippen molar-refractivity contribution in [3.8, 4) is 0 Å². The molecule has 0 saturated heterocycles. The molecule has 0 spiro atoms. The quantitative estimate of drug-likeness (QED) is 0.608. The molecule has 2 heterocycles. The molecule has 10 heteroatoms. The summed E-state index contributed by atoms with van der Waals surface area (Å²) in [6.45, 7) is 8.52. The van der Waals surface area contributed by atoms with Crippen LogP contribution in [0.3, 0.4) is 0 Å². The standard InChI is InChI=1S/C14H27N6O2Si2/c1-23(10-4-7-19-9-6-15-17-19)22-24(2,3)11-5-8-20-12-14(13-21)16-18-20/h6,9,12,21H,4-5,7-8,10-11,13H2,1-3H3. The molecule has 0 fully saturated rings. The van der Waals surface area contributed by atoms with Gasteiger partial charge in [-0.3, -0.25) is 9.36 Å². The number of aromatic nitrogens is 6. The van der Waals surface area contributed by atoms with Gasteiger partial charge in [0.1, 0.15) is 5.69 Å². The second-order valence-electron chi connectivity index (χ2n) is 6.57. The van der Waals surface area contributed by atoms with Gasteiger partial charge in [0, 0.05) is 19.3 Å². The van der Waals surface area contributed by atoms with Gasteiger partial charge < -0.3 is 9.22 Å². The van der Waals surface area contributed by atoms with Crippen molar-refractivity contribution < 1.29 is 9.22 Å². The highest BCUT2D eigenvalue weighted by Gasteiger charge is 2.25. The maximum atomic E-state index is 9.00. The lowest BCUT2D eigenvalue weighted by Gasteiger charge is -2.27. The van der Waals surface area contributed by atoms with Crippen molar-refractivity contribution in [1.82, 2.24) is 30.0 Å². The minimum Gasteiger partial charge on any atom is -0.456 e. The van der Waals surface area contributed by atoms with E-state index in [9.17, 15) is 0 Å². The summed E-state index contributed by atoms with van der Waals surface area (Å²) < 4.78 is 10.1. The minimum atomic E-state index is -1.64. The second-order valence-corrected chi connectivity index (χ2v) is 13.3. The summed E-state index contributed by atoms with van der Waals surface area (Å²) in [7, 11) is -2.40. The fraction of sp³-hybridized carbons (Fsp3) is 0.714. The summed E-state index contributed by atoms with van der Waals surface area (Å²) in [5.41, 5.74) is 0.620. The first kappa shape index (κ1) is 19.0. The Balaban J connectivity index is 1.63.